The van der Waals surface area contributed by atoms with Crippen molar-refractivity contribution in [1.82, 2.24) is 10.3 Å². The van der Waals surface area contributed by atoms with Gasteiger partial charge in [-0.1, -0.05) is 0 Å². The van der Waals surface area contributed by atoms with Gasteiger partial charge in [0.15, 0.2) is 0 Å². The van der Waals surface area contributed by atoms with Gasteiger partial charge in [-0.15, -0.1) is 11.3 Å². The Balaban J connectivity index is 1.76. The lowest BCUT2D eigenvalue weighted by atomic mass is 9.90. The SMILES string of the molecule is CN=C(C(=O)NC1(CO)CCOCC1)c1cc(OCc2cnc(C)s2)ccc1N. The molecule has 1 aliphatic rings. The van der Waals surface area contributed by atoms with Crippen molar-refractivity contribution in [3.8, 4) is 5.75 Å². The lowest BCUT2D eigenvalue weighted by Gasteiger charge is -2.36. The number of thiazole rings is 1. The summed E-state index contributed by atoms with van der Waals surface area (Å²) in [5.41, 5.74) is 6.52. The van der Waals surface area contributed by atoms with Gasteiger partial charge in [0.25, 0.3) is 5.91 Å². The smallest absolute Gasteiger partial charge is 0.270 e. The Morgan fingerprint density at radius 3 is 2.83 bits per heavy atom. The van der Waals surface area contributed by atoms with Crippen LogP contribution >= 0.6 is 11.3 Å². The number of aromatic nitrogens is 1. The number of rotatable bonds is 7. The van der Waals surface area contributed by atoms with E-state index in [9.17, 15) is 9.90 Å². The third-order valence-electron chi connectivity index (χ3n) is 4.90. The van der Waals surface area contributed by atoms with E-state index in [-0.39, 0.29) is 18.2 Å². The van der Waals surface area contributed by atoms with Crippen molar-refractivity contribution >= 4 is 28.6 Å². The number of aliphatic imine (C=N–C) groups is 1. The first kappa shape index (κ1) is 21.2. The van der Waals surface area contributed by atoms with Gasteiger partial charge in [-0.05, 0) is 38.0 Å². The number of nitrogens with two attached hydrogens (primary N) is 1. The van der Waals surface area contributed by atoms with Crippen LogP contribution in [0.1, 0.15) is 28.3 Å². The molecule has 1 saturated heterocycles. The number of carbonyl (C=O) groups is 1. The number of nitrogen functional groups attached to an aromatic ring is 1. The topological polar surface area (TPSA) is 119 Å². The van der Waals surface area contributed by atoms with Gasteiger partial charge in [0.05, 0.1) is 22.0 Å². The summed E-state index contributed by atoms with van der Waals surface area (Å²) in [6.45, 7) is 3.14. The fraction of sp³-hybridized carbons (Fsp3) is 0.450. The Morgan fingerprint density at radius 2 is 2.21 bits per heavy atom. The minimum absolute atomic E-state index is 0.161. The minimum Gasteiger partial charge on any atom is -0.488 e. The van der Waals surface area contributed by atoms with Crippen LogP contribution < -0.4 is 15.8 Å². The molecular formula is C20H26N4O4S. The number of ether oxygens (including phenoxy) is 2. The highest BCUT2D eigenvalue weighted by molar-refractivity contribution is 7.11. The van der Waals surface area contributed by atoms with Gasteiger partial charge in [0.2, 0.25) is 0 Å². The Labute approximate surface area is 173 Å². The van der Waals surface area contributed by atoms with E-state index in [4.69, 9.17) is 15.2 Å². The Kier molecular flexibility index (Phi) is 6.83. The predicted molar refractivity (Wildman–Crippen MR) is 113 cm³/mol. The Morgan fingerprint density at radius 1 is 1.45 bits per heavy atom. The molecule has 2 aromatic rings. The van der Waals surface area contributed by atoms with Gasteiger partial charge < -0.3 is 25.6 Å². The number of aliphatic hydroxyl groups excluding tert-OH is 1. The first-order valence-corrected chi connectivity index (χ1v) is 10.2. The highest BCUT2D eigenvalue weighted by Crippen LogP contribution is 2.24. The van der Waals surface area contributed by atoms with E-state index in [0.29, 0.717) is 49.7 Å². The molecule has 29 heavy (non-hydrogen) atoms. The summed E-state index contributed by atoms with van der Waals surface area (Å²) < 4.78 is 11.2. The normalized spacial score (nSPS) is 16.4. The molecule has 156 valence electrons. The molecule has 1 amide bonds. The first-order chi connectivity index (χ1) is 14.0. The monoisotopic (exact) mass is 418 g/mol. The average molecular weight is 419 g/mol. The number of aryl methyl sites for hydroxylation is 1. The summed E-state index contributed by atoms with van der Waals surface area (Å²) >= 11 is 1.57. The third kappa shape index (κ3) is 5.11. The second-order valence-electron chi connectivity index (χ2n) is 6.96. The van der Waals surface area contributed by atoms with Crippen LogP contribution in [0.15, 0.2) is 29.4 Å². The minimum atomic E-state index is -0.710. The zero-order valence-electron chi connectivity index (χ0n) is 16.6. The maximum atomic E-state index is 13.0. The molecule has 1 aromatic heterocycles. The number of nitrogens with one attached hydrogen (secondary N) is 1. The van der Waals surface area contributed by atoms with Crippen LogP contribution in [0.3, 0.4) is 0 Å². The van der Waals surface area contributed by atoms with Gasteiger partial charge >= 0.3 is 0 Å². The molecule has 9 heteroatoms. The summed E-state index contributed by atoms with van der Waals surface area (Å²) in [7, 11) is 1.54. The lowest BCUT2D eigenvalue weighted by molar-refractivity contribution is -0.118. The standard InChI is InChI=1S/C20H26N4O4S/c1-13-23-10-15(29-13)11-28-14-3-4-17(21)16(9-14)18(22-2)19(26)24-20(12-25)5-7-27-8-6-20/h3-4,9-10,25H,5-8,11-12,21H2,1-2H3,(H,24,26). The lowest BCUT2D eigenvalue weighted by Crippen LogP contribution is -2.56. The van der Waals surface area contributed by atoms with Crippen LogP contribution in [0, 0.1) is 6.92 Å². The molecule has 8 nitrogen and oxygen atoms in total. The number of amides is 1. The number of aliphatic hydroxyl groups is 1. The molecule has 0 radical (unpaired) electrons. The van der Waals surface area contributed by atoms with Crippen LogP contribution in [0.2, 0.25) is 0 Å². The summed E-state index contributed by atoms with van der Waals surface area (Å²) in [4.78, 5) is 22.3. The molecule has 0 spiro atoms. The maximum Gasteiger partial charge on any atom is 0.270 e. The predicted octanol–water partition coefficient (Wildman–Crippen LogP) is 1.69. The first-order valence-electron chi connectivity index (χ1n) is 9.38. The van der Waals surface area contributed by atoms with Crippen molar-refractivity contribution in [3.63, 3.8) is 0 Å². The van der Waals surface area contributed by atoms with E-state index in [1.807, 2.05) is 6.92 Å². The molecule has 1 aromatic carbocycles. The highest BCUT2D eigenvalue weighted by Gasteiger charge is 2.35. The van der Waals surface area contributed by atoms with Crippen LogP contribution in [-0.4, -0.2) is 54.1 Å². The van der Waals surface area contributed by atoms with E-state index in [0.717, 1.165) is 9.88 Å². The summed E-state index contributed by atoms with van der Waals surface area (Å²) in [5, 5.41) is 13.7. The molecule has 0 unspecified atom stereocenters. The zero-order valence-corrected chi connectivity index (χ0v) is 17.4. The van der Waals surface area contributed by atoms with E-state index in [1.54, 1.807) is 35.7 Å². The zero-order chi connectivity index (χ0) is 20.9. The van der Waals surface area contributed by atoms with E-state index in [2.05, 4.69) is 15.3 Å². The summed E-state index contributed by atoms with van der Waals surface area (Å²) in [6, 6.07) is 5.16. The van der Waals surface area contributed by atoms with E-state index in [1.165, 1.54) is 7.05 Å². The highest BCUT2D eigenvalue weighted by atomic mass is 32.1. The van der Waals surface area contributed by atoms with E-state index < -0.39 is 5.54 Å². The van der Waals surface area contributed by atoms with Crippen molar-refractivity contribution in [1.29, 1.82) is 0 Å². The fourth-order valence-corrected chi connectivity index (χ4v) is 3.89. The Bertz CT molecular complexity index is 890. The van der Waals surface area contributed by atoms with Crippen LogP contribution in [0.25, 0.3) is 0 Å². The Hall–Kier alpha value is -2.49. The van der Waals surface area contributed by atoms with Crippen molar-refractivity contribution in [2.24, 2.45) is 4.99 Å². The molecule has 1 fully saturated rings. The maximum absolute atomic E-state index is 13.0. The molecule has 0 aliphatic carbocycles. The average Bonchev–Trinajstić information content (AvgIpc) is 3.14. The van der Waals surface area contributed by atoms with Crippen LogP contribution in [0.4, 0.5) is 5.69 Å². The van der Waals surface area contributed by atoms with E-state index >= 15 is 0 Å². The molecule has 4 N–H and O–H groups in total. The summed E-state index contributed by atoms with van der Waals surface area (Å²) in [5.74, 6) is 0.197. The number of anilines is 1. The van der Waals surface area contributed by atoms with Crippen LogP contribution in [0.5, 0.6) is 5.75 Å². The molecule has 0 atom stereocenters. The van der Waals surface area contributed by atoms with Gasteiger partial charge in [0.1, 0.15) is 18.1 Å². The number of hydrogen-bond donors (Lipinski definition) is 3. The van der Waals surface area contributed by atoms with Crippen molar-refractivity contribution in [2.75, 3.05) is 32.6 Å². The van der Waals surface area contributed by atoms with Gasteiger partial charge in [-0.25, -0.2) is 4.98 Å². The molecular weight excluding hydrogens is 392 g/mol. The number of carbonyl (C=O) groups excluding carboxylic acids is 1. The number of benzene rings is 1. The number of nitrogens with zero attached hydrogens (tertiary/aromatic N) is 2. The molecule has 0 bridgehead atoms. The number of hydrogen-bond acceptors (Lipinski definition) is 8. The van der Waals surface area contributed by atoms with Crippen LogP contribution in [-0.2, 0) is 16.1 Å². The second-order valence-corrected chi connectivity index (χ2v) is 8.28. The van der Waals surface area contributed by atoms with Gasteiger partial charge in [-0.2, -0.15) is 0 Å². The van der Waals surface area contributed by atoms with Gasteiger partial charge in [0, 0.05) is 37.7 Å². The molecule has 3 rings (SSSR count). The largest absolute Gasteiger partial charge is 0.488 e. The third-order valence-corrected chi connectivity index (χ3v) is 5.79. The fourth-order valence-electron chi connectivity index (χ4n) is 3.19. The van der Waals surface area contributed by atoms with Gasteiger partial charge in [-0.3, -0.25) is 9.79 Å². The van der Waals surface area contributed by atoms with Crippen molar-refractivity contribution < 1.29 is 19.4 Å². The quantitative estimate of drug-likeness (QED) is 0.465. The molecule has 2 heterocycles. The summed E-state index contributed by atoms with van der Waals surface area (Å²) in [6.07, 6.45) is 2.87. The van der Waals surface area contributed by atoms with Crippen molar-refractivity contribution in [2.45, 2.75) is 31.9 Å². The van der Waals surface area contributed by atoms with Crippen molar-refractivity contribution in [3.05, 3.63) is 39.8 Å². The molecule has 1 aliphatic heterocycles. The molecule has 0 saturated carbocycles. The second kappa shape index (κ2) is 9.34.